The number of hydrogen-bond donors (Lipinski definition) is 1. The number of pyridine rings is 1. The van der Waals surface area contributed by atoms with Crippen LogP contribution in [0.5, 0.6) is 0 Å². The lowest BCUT2D eigenvalue weighted by atomic mass is 10.0. The summed E-state index contributed by atoms with van der Waals surface area (Å²) in [5, 5.41) is 4.83. The first-order valence-corrected chi connectivity index (χ1v) is 7.92. The molecule has 0 amide bonds. The molecule has 3 rings (SSSR count). The Bertz CT molecular complexity index is 532. The van der Waals surface area contributed by atoms with Crippen molar-refractivity contribution >= 4 is 17.0 Å². The number of aromatic nitrogens is 2. The van der Waals surface area contributed by atoms with Gasteiger partial charge in [0.05, 0.1) is 0 Å². The van der Waals surface area contributed by atoms with Crippen molar-refractivity contribution in [2.24, 2.45) is 0 Å². The molecule has 0 unspecified atom stereocenters. The zero-order valence-corrected chi connectivity index (χ0v) is 12.6. The largest absolute Gasteiger partial charge is 0.371 e. The Morgan fingerprint density at radius 1 is 1.30 bits per heavy atom. The van der Waals surface area contributed by atoms with E-state index in [1.807, 2.05) is 18.6 Å². The first kappa shape index (κ1) is 13.5. The minimum atomic E-state index is 0.609. The van der Waals surface area contributed by atoms with E-state index in [0.29, 0.717) is 6.04 Å². The smallest absolute Gasteiger partial charge is 0.107 e. The van der Waals surface area contributed by atoms with Crippen LogP contribution in [0.4, 0.5) is 5.69 Å². The Kier molecular flexibility index (Phi) is 4.28. The summed E-state index contributed by atoms with van der Waals surface area (Å²) in [5.41, 5.74) is 1.29. The van der Waals surface area contributed by atoms with Crippen LogP contribution in [0.1, 0.15) is 22.7 Å². The second-order valence-electron chi connectivity index (χ2n) is 5.21. The van der Waals surface area contributed by atoms with Crippen LogP contribution in [0.25, 0.3) is 0 Å². The first-order valence-electron chi connectivity index (χ1n) is 7.11. The highest BCUT2D eigenvalue weighted by Gasteiger charge is 2.19. The molecule has 3 heterocycles. The minimum Gasteiger partial charge on any atom is -0.371 e. The number of aryl methyl sites for hydroxylation is 1. The third kappa shape index (κ3) is 3.35. The van der Waals surface area contributed by atoms with E-state index in [-0.39, 0.29) is 0 Å². The van der Waals surface area contributed by atoms with Crippen molar-refractivity contribution in [2.75, 3.05) is 18.0 Å². The predicted molar refractivity (Wildman–Crippen MR) is 83.2 cm³/mol. The molecule has 0 saturated carbocycles. The summed E-state index contributed by atoms with van der Waals surface area (Å²) in [5.74, 6) is 0. The van der Waals surface area contributed by atoms with E-state index < -0.39 is 0 Å². The van der Waals surface area contributed by atoms with E-state index in [2.05, 4.69) is 39.2 Å². The number of nitrogens with one attached hydrogen (secondary N) is 1. The molecule has 4 nitrogen and oxygen atoms in total. The van der Waals surface area contributed by atoms with Crippen LogP contribution < -0.4 is 10.2 Å². The van der Waals surface area contributed by atoms with Crippen molar-refractivity contribution in [1.29, 1.82) is 0 Å². The molecule has 2 aromatic rings. The molecule has 1 aliphatic rings. The van der Waals surface area contributed by atoms with Gasteiger partial charge in [0.15, 0.2) is 0 Å². The lowest BCUT2D eigenvalue weighted by molar-refractivity contribution is 0.413. The van der Waals surface area contributed by atoms with Crippen LogP contribution in [0, 0.1) is 6.92 Å². The van der Waals surface area contributed by atoms with Gasteiger partial charge in [-0.1, -0.05) is 0 Å². The summed E-state index contributed by atoms with van der Waals surface area (Å²) in [6, 6.07) is 4.79. The number of hydrogen-bond acceptors (Lipinski definition) is 5. The van der Waals surface area contributed by atoms with Crippen LogP contribution in [0.3, 0.4) is 0 Å². The fraction of sp³-hybridized carbons (Fsp3) is 0.467. The van der Waals surface area contributed by atoms with Crippen LogP contribution in [-0.2, 0) is 6.54 Å². The van der Waals surface area contributed by atoms with Gasteiger partial charge in [-0.2, -0.15) is 0 Å². The molecule has 1 saturated heterocycles. The molecule has 0 spiro atoms. The zero-order valence-electron chi connectivity index (χ0n) is 11.7. The fourth-order valence-electron chi connectivity index (χ4n) is 2.61. The molecule has 0 bridgehead atoms. The van der Waals surface area contributed by atoms with Crippen molar-refractivity contribution in [3.05, 3.63) is 40.6 Å². The second kappa shape index (κ2) is 6.33. The van der Waals surface area contributed by atoms with Crippen molar-refractivity contribution in [3.8, 4) is 0 Å². The molecule has 1 fully saturated rings. The topological polar surface area (TPSA) is 41.1 Å². The molecule has 0 atom stereocenters. The molecule has 106 valence electrons. The third-order valence-corrected chi connectivity index (χ3v) is 4.65. The Morgan fingerprint density at radius 2 is 2.05 bits per heavy atom. The van der Waals surface area contributed by atoms with Gasteiger partial charge in [-0.05, 0) is 31.9 Å². The standard InChI is InChI=1S/C15H20N4S/c1-12-10-18-15(20-12)11-17-13-4-8-19(9-5-13)14-2-6-16-7-3-14/h2-3,6-7,10,13,17H,4-5,8-9,11H2,1H3. The Morgan fingerprint density at radius 3 is 2.70 bits per heavy atom. The molecular weight excluding hydrogens is 268 g/mol. The maximum Gasteiger partial charge on any atom is 0.107 e. The molecule has 2 aromatic heterocycles. The number of nitrogens with zero attached hydrogens (tertiary/aromatic N) is 3. The van der Waals surface area contributed by atoms with Gasteiger partial charge in [0, 0.05) is 54.8 Å². The van der Waals surface area contributed by atoms with Crippen LogP contribution in [0.2, 0.25) is 0 Å². The minimum absolute atomic E-state index is 0.609. The van der Waals surface area contributed by atoms with Gasteiger partial charge in [0.1, 0.15) is 5.01 Å². The maximum atomic E-state index is 4.40. The Balaban J connectivity index is 1.47. The zero-order chi connectivity index (χ0) is 13.8. The molecule has 1 aliphatic heterocycles. The molecular formula is C15H20N4S. The molecule has 0 aromatic carbocycles. The maximum absolute atomic E-state index is 4.40. The van der Waals surface area contributed by atoms with Gasteiger partial charge in [0.2, 0.25) is 0 Å². The van der Waals surface area contributed by atoms with Gasteiger partial charge >= 0.3 is 0 Å². The fourth-order valence-corrected chi connectivity index (χ4v) is 3.35. The highest BCUT2D eigenvalue weighted by atomic mass is 32.1. The molecule has 0 radical (unpaired) electrons. The van der Waals surface area contributed by atoms with Crippen LogP contribution >= 0.6 is 11.3 Å². The van der Waals surface area contributed by atoms with Crippen molar-refractivity contribution < 1.29 is 0 Å². The summed E-state index contributed by atoms with van der Waals surface area (Å²) in [6.45, 7) is 5.23. The monoisotopic (exact) mass is 288 g/mol. The number of piperidine rings is 1. The lowest BCUT2D eigenvalue weighted by Crippen LogP contribution is -2.42. The SMILES string of the molecule is Cc1cnc(CNC2CCN(c3ccncc3)CC2)s1. The lowest BCUT2D eigenvalue weighted by Gasteiger charge is -2.33. The molecule has 5 heteroatoms. The average molecular weight is 288 g/mol. The molecule has 0 aliphatic carbocycles. The van der Waals surface area contributed by atoms with Crippen molar-refractivity contribution in [3.63, 3.8) is 0 Å². The number of rotatable bonds is 4. The van der Waals surface area contributed by atoms with Gasteiger partial charge in [0.25, 0.3) is 0 Å². The van der Waals surface area contributed by atoms with Crippen molar-refractivity contribution in [1.82, 2.24) is 15.3 Å². The molecule has 20 heavy (non-hydrogen) atoms. The molecule has 1 N–H and O–H groups in total. The average Bonchev–Trinajstić information content (AvgIpc) is 2.92. The first-order chi connectivity index (χ1) is 9.81. The predicted octanol–water partition coefficient (Wildman–Crippen LogP) is 2.61. The second-order valence-corrected chi connectivity index (χ2v) is 6.53. The van der Waals surface area contributed by atoms with Gasteiger partial charge in [-0.25, -0.2) is 4.98 Å². The van der Waals surface area contributed by atoms with E-state index in [0.717, 1.165) is 19.6 Å². The van der Waals surface area contributed by atoms with Crippen LogP contribution in [0.15, 0.2) is 30.7 Å². The van der Waals surface area contributed by atoms with Gasteiger partial charge < -0.3 is 10.2 Å². The Hall–Kier alpha value is -1.46. The summed E-state index contributed by atoms with van der Waals surface area (Å²) in [4.78, 5) is 12.2. The van der Waals surface area contributed by atoms with E-state index in [1.165, 1.54) is 28.4 Å². The summed E-state index contributed by atoms with van der Waals surface area (Å²) in [6.07, 6.45) is 8.06. The van der Waals surface area contributed by atoms with Gasteiger partial charge in [-0.3, -0.25) is 4.98 Å². The normalized spacial score (nSPS) is 16.6. The summed E-state index contributed by atoms with van der Waals surface area (Å²) >= 11 is 1.78. The van der Waals surface area contributed by atoms with Gasteiger partial charge in [-0.15, -0.1) is 11.3 Å². The number of anilines is 1. The quantitative estimate of drug-likeness (QED) is 0.939. The summed E-state index contributed by atoms with van der Waals surface area (Å²) < 4.78 is 0. The van der Waals surface area contributed by atoms with E-state index in [1.54, 1.807) is 11.3 Å². The van der Waals surface area contributed by atoms with E-state index in [9.17, 15) is 0 Å². The van der Waals surface area contributed by atoms with Crippen molar-refractivity contribution in [2.45, 2.75) is 32.4 Å². The van der Waals surface area contributed by atoms with Crippen LogP contribution in [-0.4, -0.2) is 29.1 Å². The number of thiazole rings is 1. The van der Waals surface area contributed by atoms with E-state index in [4.69, 9.17) is 0 Å². The summed E-state index contributed by atoms with van der Waals surface area (Å²) in [7, 11) is 0. The Labute approximate surface area is 123 Å². The highest BCUT2D eigenvalue weighted by Crippen LogP contribution is 2.19. The third-order valence-electron chi connectivity index (χ3n) is 3.73. The highest BCUT2D eigenvalue weighted by molar-refractivity contribution is 7.11. The van der Waals surface area contributed by atoms with E-state index >= 15 is 0 Å².